The lowest BCUT2D eigenvalue weighted by molar-refractivity contribution is -0.255. The lowest BCUT2D eigenvalue weighted by atomic mass is 9.34. The summed E-state index contributed by atoms with van der Waals surface area (Å²) in [7, 11) is 4.32. The molecule has 0 amide bonds. The summed E-state index contributed by atoms with van der Waals surface area (Å²) in [4.78, 5) is 20.2. The zero-order chi connectivity index (χ0) is 35.2. The van der Waals surface area contributed by atoms with Crippen LogP contribution in [0.1, 0.15) is 114 Å². The van der Waals surface area contributed by atoms with Gasteiger partial charge in [-0.3, -0.25) is 4.79 Å². The first kappa shape index (κ1) is 36.0. The minimum absolute atomic E-state index is 0.0327. The molecule has 48 heavy (non-hydrogen) atoms. The Hall–Kier alpha value is -1.77. The standard InChI is InChI=1S/C40H66N4O4/c1-25(2)27(5)35(6)17-18-37(8)28-13-14-31-36(7)20-47-22-40(31,29(28)15-16-38(37,9)32(35)34(45)46)19-30(44-24-41-23-42-44)33(36)48-21-39(10,26(3)4)43(11)12/h15,23-28,30-33H,13-14,16-22H2,1-12H3,(H,45,46)/t27-,28+,30-,31+,32-,33+,35-,36?,37-,38+,39-,40+/m1/s1. The molecule has 4 aliphatic carbocycles. The van der Waals surface area contributed by atoms with Crippen molar-refractivity contribution < 1.29 is 19.4 Å². The van der Waals surface area contributed by atoms with Crippen molar-refractivity contribution in [3.8, 4) is 0 Å². The molecule has 1 unspecified atom stereocenters. The van der Waals surface area contributed by atoms with Gasteiger partial charge in [0, 0.05) is 16.4 Å². The third-order valence-electron chi connectivity index (χ3n) is 16.7. The Morgan fingerprint density at radius 3 is 2.40 bits per heavy atom. The Morgan fingerprint density at radius 1 is 1.10 bits per heavy atom. The van der Waals surface area contributed by atoms with Crippen LogP contribution in [0.4, 0.5) is 0 Å². The fourth-order valence-electron chi connectivity index (χ4n) is 12.6. The van der Waals surface area contributed by atoms with E-state index >= 15 is 0 Å². The zero-order valence-electron chi connectivity index (χ0n) is 32.2. The van der Waals surface area contributed by atoms with Crippen molar-refractivity contribution in [2.45, 2.75) is 125 Å². The number of hydrogen-bond acceptors (Lipinski definition) is 6. The average Bonchev–Trinajstić information content (AvgIpc) is 3.55. The molecule has 1 aromatic rings. The number of hydrogen-bond donors (Lipinski definition) is 1. The molecular formula is C40H66N4O4. The maximum absolute atomic E-state index is 13.5. The quantitative estimate of drug-likeness (QED) is 0.270. The second kappa shape index (κ2) is 11.9. The molecule has 2 heterocycles. The molecule has 0 spiro atoms. The van der Waals surface area contributed by atoms with Gasteiger partial charge in [0.15, 0.2) is 0 Å². The number of carboxylic acids is 1. The van der Waals surface area contributed by atoms with Gasteiger partial charge >= 0.3 is 5.97 Å². The summed E-state index contributed by atoms with van der Waals surface area (Å²) >= 11 is 0. The Labute approximate surface area is 290 Å². The summed E-state index contributed by atoms with van der Waals surface area (Å²) in [6.45, 7) is 25.3. The number of likely N-dealkylation sites (N-methyl/N-ethyl adjacent to an activating group) is 1. The highest BCUT2D eigenvalue weighted by Crippen LogP contribution is 2.75. The summed E-state index contributed by atoms with van der Waals surface area (Å²) in [6, 6.07) is 0.0327. The Balaban J connectivity index is 1.43. The molecule has 0 radical (unpaired) electrons. The molecule has 1 aliphatic heterocycles. The number of aromatic nitrogens is 3. The smallest absolute Gasteiger partial charge is 0.307 e. The van der Waals surface area contributed by atoms with Gasteiger partial charge in [-0.1, -0.05) is 74.0 Å². The molecule has 0 aromatic carbocycles. The average molecular weight is 667 g/mol. The molecule has 1 N–H and O–H groups in total. The van der Waals surface area contributed by atoms with Crippen molar-refractivity contribution in [1.82, 2.24) is 19.7 Å². The van der Waals surface area contributed by atoms with E-state index in [2.05, 4.69) is 104 Å². The number of allylic oxidation sites excluding steroid dienone is 1. The normalized spacial score (nSPS) is 44.4. The number of carboxylic acid groups (broad SMARTS) is 1. The molecule has 5 aliphatic rings. The number of aliphatic carboxylic acids is 1. The van der Waals surface area contributed by atoms with E-state index in [1.807, 2.05) is 6.33 Å². The number of fused-ring (bicyclic) bond motifs is 3. The minimum Gasteiger partial charge on any atom is -0.481 e. The lowest BCUT2D eigenvalue weighted by Gasteiger charge is -2.71. The van der Waals surface area contributed by atoms with Crippen LogP contribution in [0.25, 0.3) is 0 Å². The van der Waals surface area contributed by atoms with Gasteiger partial charge in [0.2, 0.25) is 0 Å². The van der Waals surface area contributed by atoms with Crippen LogP contribution in [0.15, 0.2) is 24.3 Å². The van der Waals surface area contributed by atoms with E-state index in [4.69, 9.17) is 14.6 Å². The van der Waals surface area contributed by atoms with Gasteiger partial charge in [0.25, 0.3) is 0 Å². The Kier molecular flexibility index (Phi) is 8.93. The predicted molar refractivity (Wildman–Crippen MR) is 189 cm³/mol. The highest BCUT2D eigenvalue weighted by Gasteiger charge is 2.72. The van der Waals surface area contributed by atoms with E-state index in [1.54, 1.807) is 11.9 Å². The largest absolute Gasteiger partial charge is 0.481 e. The SMILES string of the molecule is CC(C)[C@@H](C)[C@@]1(C)CC[C@]2(C)[C@H]3CC[C@H]4C5(C)COC[C@@]4(C[C@@H](n4cncn4)[C@@H]5OC[C@](C)(C(C)C)N(C)C)C3=CC[C@@]2(C)[C@@H]1C(=O)O. The van der Waals surface area contributed by atoms with Crippen LogP contribution < -0.4 is 0 Å². The third-order valence-corrected chi connectivity index (χ3v) is 16.7. The van der Waals surface area contributed by atoms with E-state index < -0.39 is 5.97 Å². The van der Waals surface area contributed by atoms with Gasteiger partial charge in [0.05, 0.1) is 37.9 Å². The van der Waals surface area contributed by atoms with E-state index in [0.29, 0.717) is 49.4 Å². The molecule has 3 saturated carbocycles. The lowest BCUT2D eigenvalue weighted by Crippen LogP contribution is -2.69. The van der Waals surface area contributed by atoms with Gasteiger partial charge < -0.3 is 19.5 Å². The first-order valence-corrected chi connectivity index (χ1v) is 19.0. The second-order valence-electron chi connectivity index (χ2n) is 19.1. The molecular weight excluding hydrogens is 600 g/mol. The first-order valence-electron chi connectivity index (χ1n) is 19.0. The number of nitrogens with zero attached hydrogens (tertiary/aromatic N) is 4. The minimum atomic E-state index is -0.606. The fourth-order valence-corrected chi connectivity index (χ4v) is 12.6. The fraction of sp³-hybridized carbons (Fsp3) is 0.875. The van der Waals surface area contributed by atoms with E-state index in [1.165, 1.54) is 0 Å². The predicted octanol–water partition coefficient (Wildman–Crippen LogP) is 7.77. The van der Waals surface area contributed by atoms with Crippen molar-refractivity contribution in [2.24, 2.45) is 62.6 Å². The van der Waals surface area contributed by atoms with Gasteiger partial charge in [0.1, 0.15) is 12.7 Å². The van der Waals surface area contributed by atoms with Crippen LogP contribution in [0.2, 0.25) is 0 Å². The molecule has 4 fully saturated rings. The second-order valence-corrected chi connectivity index (χ2v) is 19.1. The van der Waals surface area contributed by atoms with Crippen LogP contribution in [0.3, 0.4) is 0 Å². The third kappa shape index (κ3) is 4.80. The van der Waals surface area contributed by atoms with E-state index in [9.17, 15) is 9.90 Å². The highest BCUT2D eigenvalue weighted by molar-refractivity contribution is 5.73. The highest BCUT2D eigenvalue weighted by atomic mass is 16.5. The molecule has 2 bridgehead atoms. The maximum atomic E-state index is 13.5. The van der Waals surface area contributed by atoms with Crippen molar-refractivity contribution >= 4 is 5.97 Å². The molecule has 1 aromatic heterocycles. The summed E-state index contributed by atoms with van der Waals surface area (Å²) < 4.78 is 16.0. The molecule has 1 saturated heterocycles. The van der Waals surface area contributed by atoms with Crippen molar-refractivity contribution in [2.75, 3.05) is 33.9 Å². The Bertz CT molecular complexity index is 1380. The molecule has 12 atom stereocenters. The van der Waals surface area contributed by atoms with Gasteiger partial charge in [-0.15, -0.1) is 0 Å². The summed E-state index contributed by atoms with van der Waals surface area (Å²) in [5.41, 5.74) is 0.426. The number of rotatable bonds is 9. The molecule has 8 heteroatoms. The number of ether oxygens (including phenoxy) is 2. The van der Waals surface area contributed by atoms with Gasteiger partial charge in [-0.25, -0.2) is 9.67 Å². The molecule has 8 nitrogen and oxygen atoms in total. The van der Waals surface area contributed by atoms with Crippen LogP contribution in [-0.4, -0.2) is 76.3 Å². The maximum Gasteiger partial charge on any atom is 0.307 e. The molecule has 270 valence electrons. The summed E-state index contributed by atoms with van der Waals surface area (Å²) in [6.07, 6.45) is 12.0. The van der Waals surface area contributed by atoms with Crippen molar-refractivity contribution in [3.05, 3.63) is 24.3 Å². The molecule has 6 rings (SSSR count). The number of carbonyl (C=O) groups is 1. The van der Waals surface area contributed by atoms with Crippen LogP contribution in [0.5, 0.6) is 0 Å². The van der Waals surface area contributed by atoms with Crippen LogP contribution in [0, 0.1) is 62.6 Å². The van der Waals surface area contributed by atoms with Crippen molar-refractivity contribution in [3.63, 3.8) is 0 Å². The van der Waals surface area contributed by atoms with Crippen molar-refractivity contribution in [1.29, 1.82) is 0 Å². The van der Waals surface area contributed by atoms with Crippen LogP contribution in [-0.2, 0) is 14.3 Å². The first-order chi connectivity index (χ1) is 22.3. The zero-order valence-corrected chi connectivity index (χ0v) is 32.2. The van der Waals surface area contributed by atoms with Gasteiger partial charge in [-0.2, -0.15) is 5.10 Å². The van der Waals surface area contributed by atoms with E-state index in [-0.39, 0.29) is 50.7 Å². The van der Waals surface area contributed by atoms with Gasteiger partial charge in [-0.05, 0) is 105 Å². The van der Waals surface area contributed by atoms with Crippen LogP contribution >= 0.6 is 0 Å². The summed E-state index contributed by atoms with van der Waals surface area (Å²) in [5.74, 6) is 0.958. The van der Waals surface area contributed by atoms with E-state index in [0.717, 1.165) is 38.5 Å². The topological polar surface area (TPSA) is 89.7 Å². The monoisotopic (exact) mass is 667 g/mol. The Morgan fingerprint density at radius 2 is 1.81 bits per heavy atom. The summed E-state index contributed by atoms with van der Waals surface area (Å²) in [5, 5.41) is 15.8.